The zero-order chi connectivity index (χ0) is 14.6. The van der Waals surface area contributed by atoms with Crippen molar-refractivity contribution in [1.82, 2.24) is 0 Å². The zero-order valence-electron chi connectivity index (χ0n) is 10.4. The van der Waals surface area contributed by atoms with Gasteiger partial charge in [0.15, 0.2) is 12.0 Å². The van der Waals surface area contributed by atoms with Crippen LogP contribution in [-0.2, 0) is 11.2 Å². The summed E-state index contributed by atoms with van der Waals surface area (Å²) in [5.41, 5.74) is 1.26. The molecular weight excluding hydrogens is 268 g/mol. The zero-order valence-corrected chi connectivity index (χ0v) is 10.4. The third-order valence-electron chi connectivity index (χ3n) is 3.62. The molecule has 2 aliphatic carbocycles. The lowest BCUT2D eigenvalue weighted by atomic mass is 9.89. The van der Waals surface area contributed by atoms with Crippen LogP contribution in [0.15, 0.2) is 29.4 Å². The first-order chi connectivity index (χ1) is 9.40. The maximum Gasteiger partial charge on any atom is 0.280 e. The number of halogens is 2. The Hall–Kier alpha value is -2.37. The highest BCUT2D eigenvalue weighted by atomic mass is 19.1. The lowest BCUT2D eigenvalue weighted by molar-refractivity contribution is -0.385. The van der Waals surface area contributed by atoms with Crippen molar-refractivity contribution in [3.63, 3.8) is 0 Å². The summed E-state index contributed by atoms with van der Waals surface area (Å²) in [4.78, 5) is 22.2. The molecule has 1 unspecified atom stereocenters. The monoisotopic (exact) mass is 277 g/mol. The van der Waals surface area contributed by atoms with Crippen LogP contribution in [0.3, 0.4) is 0 Å². The summed E-state index contributed by atoms with van der Waals surface area (Å²) in [5.74, 6) is -1.43. The van der Waals surface area contributed by atoms with E-state index < -0.39 is 22.7 Å². The standard InChI is InChI=1S/C14H9F2NO3/c1-6-2-10(16)14(18)9-4-7-3-8(15)5-11(17(19)20)13(7)12(6)9/h2-3,5,10H,4H2,1H3. The van der Waals surface area contributed by atoms with Gasteiger partial charge in [-0.2, -0.15) is 0 Å². The van der Waals surface area contributed by atoms with E-state index >= 15 is 0 Å². The van der Waals surface area contributed by atoms with E-state index in [0.717, 1.165) is 18.2 Å². The molecule has 1 atom stereocenters. The number of ketones is 1. The van der Waals surface area contributed by atoms with E-state index in [-0.39, 0.29) is 23.2 Å². The molecule has 20 heavy (non-hydrogen) atoms. The van der Waals surface area contributed by atoms with Gasteiger partial charge in [-0.15, -0.1) is 0 Å². The highest BCUT2D eigenvalue weighted by Crippen LogP contribution is 2.45. The van der Waals surface area contributed by atoms with Crippen molar-refractivity contribution in [2.75, 3.05) is 0 Å². The molecule has 1 aromatic rings. The first-order valence-corrected chi connectivity index (χ1v) is 5.97. The third-order valence-corrected chi connectivity index (χ3v) is 3.62. The molecule has 0 radical (unpaired) electrons. The van der Waals surface area contributed by atoms with Crippen molar-refractivity contribution < 1.29 is 18.5 Å². The second-order valence-corrected chi connectivity index (χ2v) is 4.86. The number of nitro groups is 1. The van der Waals surface area contributed by atoms with E-state index in [1.165, 1.54) is 0 Å². The molecule has 0 heterocycles. The van der Waals surface area contributed by atoms with E-state index in [0.29, 0.717) is 16.7 Å². The Balaban J connectivity index is 2.29. The molecule has 0 spiro atoms. The number of carbonyl (C=O) groups is 1. The van der Waals surface area contributed by atoms with E-state index in [1.807, 2.05) is 0 Å². The fourth-order valence-electron chi connectivity index (χ4n) is 2.84. The SMILES string of the molecule is CC1=CC(F)C(=O)C2=C1c1c(cc(F)cc1[N+](=O)[O-])C2. The van der Waals surface area contributed by atoms with Gasteiger partial charge in [-0.25, -0.2) is 8.78 Å². The fraction of sp³-hybridized carbons (Fsp3) is 0.214. The normalized spacial score (nSPS) is 20.6. The highest BCUT2D eigenvalue weighted by molar-refractivity contribution is 6.14. The van der Waals surface area contributed by atoms with Gasteiger partial charge < -0.3 is 0 Å². The van der Waals surface area contributed by atoms with Crippen molar-refractivity contribution in [2.24, 2.45) is 0 Å². The van der Waals surface area contributed by atoms with Gasteiger partial charge in [-0.05, 0) is 35.8 Å². The van der Waals surface area contributed by atoms with Crippen LogP contribution < -0.4 is 0 Å². The van der Waals surface area contributed by atoms with Crippen LogP contribution in [0.25, 0.3) is 5.57 Å². The molecule has 1 aromatic carbocycles. The van der Waals surface area contributed by atoms with Gasteiger partial charge in [0.2, 0.25) is 0 Å². The molecule has 3 rings (SSSR count). The number of allylic oxidation sites excluding steroid dienone is 4. The van der Waals surface area contributed by atoms with Crippen molar-refractivity contribution >= 4 is 17.0 Å². The number of nitrogens with zero attached hydrogens (tertiary/aromatic N) is 1. The van der Waals surface area contributed by atoms with Gasteiger partial charge in [0.05, 0.1) is 16.6 Å². The van der Waals surface area contributed by atoms with Gasteiger partial charge in [0.25, 0.3) is 5.69 Å². The molecule has 0 fully saturated rings. The number of alkyl halides is 1. The van der Waals surface area contributed by atoms with Crippen LogP contribution in [0.5, 0.6) is 0 Å². The lowest BCUT2D eigenvalue weighted by Gasteiger charge is -2.15. The van der Waals surface area contributed by atoms with Gasteiger partial charge in [0, 0.05) is 12.0 Å². The summed E-state index contributed by atoms with van der Waals surface area (Å²) in [5, 5.41) is 11.1. The first-order valence-electron chi connectivity index (χ1n) is 5.97. The number of hydrogen-bond donors (Lipinski definition) is 0. The molecule has 0 aliphatic heterocycles. The Morgan fingerprint density at radius 2 is 2.10 bits per heavy atom. The van der Waals surface area contributed by atoms with E-state index in [4.69, 9.17) is 0 Å². The number of fused-ring (bicyclic) bond motifs is 2. The average Bonchev–Trinajstić information content (AvgIpc) is 2.74. The number of rotatable bonds is 1. The number of benzene rings is 1. The molecule has 0 amide bonds. The lowest BCUT2D eigenvalue weighted by Crippen LogP contribution is -2.20. The van der Waals surface area contributed by atoms with Gasteiger partial charge in [-0.1, -0.05) is 0 Å². The summed E-state index contributed by atoms with van der Waals surface area (Å²) in [7, 11) is 0. The Kier molecular flexibility index (Phi) is 2.57. The van der Waals surface area contributed by atoms with Crippen LogP contribution >= 0.6 is 0 Å². The number of Topliss-reactive ketones (excluding diaryl/α,β-unsaturated/α-hetero) is 1. The number of nitro benzene ring substituents is 1. The first kappa shape index (κ1) is 12.7. The minimum atomic E-state index is -1.73. The summed E-state index contributed by atoms with van der Waals surface area (Å²) in [6.07, 6.45) is -0.552. The molecule has 0 aromatic heterocycles. The van der Waals surface area contributed by atoms with E-state index in [9.17, 15) is 23.7 Å². The molecule has 0 saturated heterocycles. The Bertz CT molecular complexity index is 734. The largest absolute Gasteiger partial charge is 0.291 e. The summed E-state index contributed by atoms with van der Waals surface area (Å²) >= 11 is 0. The number of hydrogen-bond acceptors (Lipinski definition) is 3. The molecule has 0 bridgehead atoms. The highest BCUT2D eigenvalue weighted by Gasteiger charge is 2.38. The van der Waals surface area contributed by atoms with Gasteiger partial charge in [-0.3, -0.25) is 14.9 Å². The van der Waals surface area contributed by atoms with Gasteiger partial charge in [0.1, 0.15) is 5.82 Å². The average molecular weight is 277 g/mol. The molecule has 102 valence electrons. The van der Waals surface area contributed by atoms with Crippen LogP contribution in [-0.4, -0.2) is 16.9 Å². The third kappa shape index (κ3) is 1.61. The summed E-state index contributed by atoms with van der Waals surface area (Å²) in [6.45, 7) is 1.59. The topological polar surface area (TPSA) is 60.2 Å². The molecule has 4 nitrogen and oxygen atoms in total. The summed E-state index contributed by atoms with van der Waals surface area (Å²) in [6, 6.07) is 1.99. The smallest absolute Gasteiger partial charge is 0.280 e. The van der Waals surface area contributed by atoms with Crippen LogP contribution in [0.2, 0.25) is 0 Å². The molecule has 2 aliphatic rings. The Morgan fingerprint density at radius 3 is 2.75 bits per heavy atom. The van der Waals surface area contributed by atoms with E-state index in [1.54, 1.807) is 6.92 Å². The predicted molar refractivity (Wildman–Crippen MR) is 67.3 cm³/mol. The maximum absolute atomic E-state index is 13.6. The van der Waals surface area contributed by atoms with Crippen LogP contribution in [0.4, 0.5) is 14.5 Å². The Labute approximate surface area is 112 Å². The second-order valence-electron chi connectivity index (χ2n) is 4.86. The minimum absolute atomic E-state index is 0.0354. The molecule has 0 saturated carbocycles. The maximum atomic E-state index is 13.6. The van der Waals surface area contributed by atoms with Crippen molar-refractivity contribution in [2.45, 2.75) is 19.5 Å². The van der Waals surface area contributed by atoms with Gasteiger partial charge >= 0.3 is 0 Å². The van der Waals surface area contributed by atoms with Crippen molar-refractivity contribution in [1.29, 1.82) is 0 Å². The summed E-state index contributed by atoms with van der Waals surface area (Å²) < 4.78 is 27.0. The number of carbonyl (C=O) groups excluding carboxylic acids is 1. The fourth-order valence-corrected chi connectivity index (χ4v) is 2.84. The second kappa shape index (κ2) is 4.06. The quantitative estimate of drug-likeness (QED) is 0.585. The minimum Gasteiger partial charge on any atom is -0.291 e. The molecular formula is C14H9F2NO3. The van der Waals surface area contributed by atoms with Crippen LogP contribution in [0, 0.1) is 15.9 Å². The predicted octanol–water partition coefficient (Wildman–Crippen LogP) is 2.91. The molecule has 0 N–H and O–H groups in total. The van der Waals surface area contributed by atoms with E-state index in [2.05, 4.69) is 0 Å². The van der Waals surface area contributed by atoms with Crippen LogP contribution in [0.1, 0.15) is 18.1 Å². The van der Waals surface area contributed by atoms with Crippen molar-refractivity contribution in [3.05, 3.63) is 56.4 Å². The van der Waals surface area contributed by atoms with Crippen molar-refractivity contribution in [3.8, 4) is 0 Å². The Morgan fingerprint density at radius 1 is 1.40 bits per heavy atom. The molecule has 6 heteroatoms.